The van der Waals surface area contributed by atoms with Crippen LogP contribution in [0.4, 0.5) is 10.5 Å². The number of hydrogen-bond acceptors (Lipinski definition) is 6. The van der Waals surface area contributed by atoms with E-state index in [0.717, 1.165) is 0 Å². The number of hydrogen-bond donors (Lipinski definition) is 0. The van der Waals surface area contributed by atoms with Crippen molar-refractivity contribution in [2.75, 3.05) is 50.0 Å². The minimum Gasteiger partial charge on any atom is -0.450 e. The first-order valence-corrected chi connectivity index (χ1v) is 11.0. The summed E-state index contributed by atoms with van der Waals surface area (Å²) in [5, 5.41) is 1.18. The first-order valence-electron chi connectivity index (χ1n) is 9.32. The second-order valence-electron chi connectivity index (χ2n) is 6.79. The van der Waals surface area contributed by atoms with E-state index in [4.69, 9.17) is 4.74 Å². The lowest BCUT2D eigenvalue weighted by Crippen LogP contribution is -2.53. The molecule has 1 saturated heterocycles. The predicted octanol–water partition coefficient (Wildman–Crippen LogP) is 1.10. The van der Waals surface area contributed by atoms with Gasteiger partial charge >= 0.3 is 6.09 Å². The molecule has 1 fully saturated rings. The monoisotopic (exact) mass is 407 g/mol. The van der Waals surface area contributed by atoms with Crippen LogP contribution in [0.5, 0.6) is 0 Å². The van der Waals surface area contributed by atoms with E-state index in [0.29, 0.717) is 38.5 Å². The third-order valence-electron chi connectivity index (χ3n) is 4.80. The molecule has 2 aliphatic rings. The van der Waals surface area contributed by atoms with E-state index in [2.05, 4.69) is 0 Å². The first-order chi connectivity index (χ1) is 13.4. The zero-order valence-electron chi connectivity index (χ0n) is 15.9. The van der Waals surface area contributed by atoms with Crippen LogP contribution in [0.1, 0.15) is 6.92 Å². The fourth-order valence-electron chi connectivity index (χ4n) is 3.40. The maximum absolute atomic E-state index is 13.1. The highest BCUT2D eigenvalue weighted by atomic mass is 32.2. The molecule has 0 bridgehead atoms. The molecule has 28 heavy (non-hydrogen) atoms. The molecule has 1 atom stereocenters. The number of nitrogens with zero attached hydrogens (tertiary/aromatic N) is 3. The highest BCUT2D eigenvalue weighted by Crippen LogP contribution is 2.23. The second-order valence-corrected chi connectivity index (χ2v) is 8.72. The van der Waals surface area contributed by atoms with Crippen molar-refractivity contribution in [2.45, 2.75) is 13.0 Å². The van der Waals surface area contributed by atoms with Crippen molar-refractivity contribution in [3.05, 3.63) is 41.8 Å². The molecule has 1 aromatic carbocycles. The molecule has 2 heterocycles. The summed E-state index contributed by atoms with van der Waals surface area (Å²) >= 11 is 0. The number of carbonyl (C=O) groups excluding carboxylic acids is 2. The van der Waals surface area contributed by atoms with Gasteiger partial charge in [-0.15, -0.1) is 0 Å². The Labute approximate surface area is 165 Å². The van der Waals surface area contributed by atoms with Crippen molar-refractivity contribution in [3.8, 4) is 0 Å². The molecular formula is C19H25N3O5S. The van der Waals surface area contributed by atoms with E-state index < -0.39 is 15.9 Å². The van der Waals surface area contributed by atoms with Gasteiger partial charge in [0.2, 0.25) is 5.91 Å². The van der Waals surface area contributed by atoms with E-state index in [1.54, 1.807) is 34.9 Å². The lowest BCUT2D eigenvalue weighted by Gasteiger charge is -2.35. The Morgan fingerprint density at radius 2 is 1.82 bits per heavy atom. The van der Waals surface area contributed by atoms with Crippen molar-refractivity contribution < 1.29 is 22.7 Å². The molecule has 2 aliphatic heterocycles. The molecule has 0 aliphatic carbocycles. The number of piperazine rings is 1. The van der Waals surface area contributed by atoms with Gasteiger partial charge < -0.3 is 14.5 Å². The van der Waals surface area contributed by atoms with Gasteiger partial charge in [0.05, 0.1) is 24.9 Å². The molecule has 0 saturated carbocycles. The van der Waals surface area contributed by atoms with Gasteiger partial charge in [-0.05, 0) is 25.1 Å². The summed E-state index contributed by atoms with van der Waals surface area (Å²) in [4.78, 5) is 30.0. The lowest BCUT2D eigenvalue weighted by molar-refractivity contribution is -0.120. The molecule has 0 aromatic heterocycles. The fraction of sp³-hybridized carbons (Fsp3) is 0.474. The van der Waals surface area contributed by atoms with E-state index in [9.17, 15) is 18.0 Å². The van der Waals surface area contributed by atoms with Crippen LogP contribution in [0.3, 0.4) is 0 Å². The SMILES string of the molecule is CCOC(=O)N1CCN(CC(=O)N(c2ccccc2)[C@H]2C=CS(=O)(=O)C2)CC1. The number of amides is 2. The second kappa shape index (κ2) is 8.74. The zero-order valence-corrected chi connectivity index (χ0v) is 16.7. The summed E-state index contributed by atoms with van der Waals surface area (Å²) in [5.74, 6) is -0.271. The quantitative estimate of drug-likeness (QED) is 0.727. The van der Waals surface area contributed by atoms with E-state index in [-0.39, 0.29) is 24.3 Å². The van der Waals surface area contributed by atoms with Crippen LogP contribution in [0, 0.1) is 0 Å². The molecule has 1 aromatic rings. The molecule has 152 valence electrons. The summed E-state index contributed by atoms with van der Waals surface area (Å²) in [6.07, 6.45) is 1.24. The minimum absolute atomic E-state index is 0.107. The van der Waals surface area contributed by atoms with Crippen molar-refractivity contribution in [3.63, 3.8) is 0 Å². The molecule has 0 radical (unpaired) electrons. The maximum atomic E-state index is 13.1. The maximum Gasteiger partial charge on any atom is 0.409 e. The highest BCUT2D eigenvalue weighted by Gasteiger charge is 2.32. The van der Waals surface area contributed by atoms with Gasteiger partial charge in [-0.1, -0.05) is 18.2 Å². The highest BCUT2D eigenvalue weighted by molar-refractivity contribution is 7.94. The zero-order chi connectivity index (χ0) is 20.1. The summed E-state index contributed by atoms with van der Waals surface area (Å²) in [5.41, 5.74) is 0.671. The van der Waals surface area contributed by atoms with E-state index in [1.807, 2.05) is 23.1 Å². The Bertz CT molecular complexity index is 832. The molecular weight excluding hydrogens is 382 g/mol. The van der Waals surface area contributed by atoms with Gasteiger partial charge in [0.15, 0.2) is 9.84 Å². The molecule has 8 nitrogen and oxygen atoms in total. The standard InChI is InChI=1S/C19H25N3O5S/c1-2-27-19(24)21-11-9-20(10-12-21)14-18(23)22(16-6-4-3-5-7-16)17-8-13-28(25,26)15-17/h3-8,13,17H,2,9-12,14-15H2,1H3/t17-/m0/s1. The molecule has 0 spiro atoms. The van der Waals surface area contributed by atoms with Gasteiger partial charge in [0.25, 0.3) is 0 Å². The van der Waals surface area contributed by atoms with E-state index in [1.165, 1.54) is 5.41 Å². The average molecular weight is 407 g/mol. The van der Waals surface area contributed by atoms with Crippen molar-refractivity contribution in [1.82, 2.24) is 9.80 Å². The third kappa shape index (κ3) is 4.90. The Morgan fingerprint density at radius 1 is 1.14 bits per heavy atom. The number of carbonyl (C=O) groups is 2. The topological polar surface area (TPSA) is 87.2 Å². The number of benzene rings is 1. The number of anilines is 1. The van der Waals surface area contributed by atoms with Crippen LogP contribution in [0.25, 0.3) is 0 Å². The molecule has 3 rings (SSSR count). The van der Waals surface area contributed by atoms with Crippen LogP contribution in [-0.2, 0) is 19.4 Å². The average Bonchev–Trinajstić information content (AvgIpc) is 3.03. The van der Waals surface area contributed by atoms with Gasteiger partial charge in [-0.3, -0.25) is 9.69 Å². The predicted molar refractivity (Wildman–Crippen MR) is 106 cm³/mol. The lowest BCUT2D eigenvalue weighted by atomic mass is 10.2. The number of ether oxygens (including phenoxy) is 1. The van der Waals surface area contributed by atoms with Crippen LogP contribution in [-0.4, -0.2) is 81.3 Å². The number of rotatable bonds is 5. The van der Waals surface area contributed by atoms with Gasteiger partial charge in [-0.2, -0.15) is 0 Å². The third-order valence-corrected chi connectivity index (χ3v) is 6.18. The smallest absolute Gasteiger partial charge is 0.409 e. The van der Waals surface area contributed by atoms with Crippen LogP contribution < -0.4 is 4.90 Å². The van der Waals surface area contributed by atoms with Crippen LogP contribution >= 0.6 is 0 Å². The summed E-state index contributed by atoms with van der Waals surface area (Å²) in [6, 6.07) is 8.58. The van der Waals surface area contributed by atoms with E-state index >= 15 is 0 Å². The van der Waals surface area contributed by atoms with Crippen LogP contribution in [0.15, 0.2) is 41.8 Å². The van der Waals surface area contributed by atoms with Crippen molar-refractivity contribution in [2.24, 2.45) is 0 Å². The Balaban J connectivity index is 1.66. The number of para-hydroxylation sites is 1. The molecule has 2 amide bonds. The summed E-state index contributed by atoms with van der Waals surface area (Å²) < 4.78 is 28.7. The minimum atomic E-state index is -3.28. The van der Waals surface area contributed by atoms with Crippen LogP contribution in [0.2, 0.25) is 0 Å². The van der Waals surface area contributed by atoms with Crippen molar-refractivity contribution >= 4 is 27.5 Å². The van der Waals surface area contributed by atoms with Gasteiger partial charge in [0, 0.05) is 37.3 Å². The van der Waals surface area contributed by atoms with Crippen molar-refractivity contribution in [1.29, 1.82) is 0 Å². The Hall–Kier alpha value is -2.39. The summed E-state index contributed by atoms with van der Waals surface area (Å²) in [6.45, 7) is 4.38. The fourth-order valence-corrected chi connectivity index (χ4v) is 4.67. The normalized spacial score (nSPS) is 21.5. The Kier molecular flexibility index (Phi) is 6.35. The Morgan fingerprint density at radius 3 is 2.39 bits per heavy atom. The first kappa shape index (κ1) is 20.3. The molecule has 0 unspecified atom stereocenters. The number of sulfone groups is 1. The largest absolute Gasteiger partial charge is 0.450 e. The van der Waals surface area contributed by atoms with Gasteiger partial charge in [-0.25, -0.2) is 13.2 Å². The summed E-state index contributed by atoms with van der Waals surface area (Å²) in [7, 11) is -3.28. The van der Waals surface area contributed by atoms with Gasteiger partial charge in [0.1, 0.15) is 0 Å². The molecule has 0 N–H and O–H groups in total. The molecule has 9 heteroatoms.